The average Bonchev–Trinajstić information content (AvgIpc) is 1.85. The van der Waals surface area contributed by atoms with E-state index in [0.29, 0.717) is 0 Å². The zero-order valence-electron chi connectivity index (χ0n) is 7.34. The molecular formula is C8H14O3. The molecule has 0 amide bonds. The molecular weight excluding hydrogens is 144 g/mol. The van der Waals surface area contributed by atoms with Crippen LogP contribution in [0.4, 0.5) is 0 Å². The summed E-state index contributed by atoms with van der Waals surface area (Å²) in [5.74, 6) is -2.01. The van der Waals surface area contributed by atoms with Crippen molar-refractivity contribution < 1.29 is 14.7 Å². The molecule has 0 saturated carbocycles. The van der Waals surface area contributed by atoms with Crippen LogP contribution in [0.15, 0.2) is 0 Å². The number of carboxylic acids is 1. The van der Waals surface area contributed by atoms with E-state index in [1.54, 1.807) is 13.8 Å². The highest BCUT2D eigenvalue weighted by Gasteiger charge is 2.35. The number of ketones is 1. The molecule has 0 aromatic carbocycles. The summed E-state index contributed by atoms with van der Waals surface area (Å²) in [5, 5.41) is 8.42. The molecule has 0 unspecified atom stereocenters. The van der Waals surface area contributed by atoms with Crippen molar-refractivity contribution in [2.24, 2.45) is 11.3 Å². The van der Waals surface area contributed by atoms with Crippen molar-refractivity contribution in [3.63, 3.8) is 0 Å². The minimum Gasteiger partial charge on any atom is -0.475 e. The molecule has 0 saturated heterocycles. The molecule has 0 heterocycles. The number of carbonyl (C=O) groups excluding carboxylic acids is 1. The van der Waals surface area contributed by atoms with Gasteiger partial charge in [0.25, 0.3) is 0 Å². The van der Waals surface area contributed by atoms with Crippen molar-refractivity contribution in [2.45, 2.75) is 27.7 Å². The first kappa shape index (κ1) is 10.1. The van der Waals surface area contributed by atoms with E-state index >= 15 is 0 Å². The standard InChI is InChI=1S/C8H14O3/c1-5(2)8(3,4)6(9)7(10)11/h5H,1-4H3,(H,10,11). The van der Waals surface area contributed by atoms with E-state index in [-0.39, 0.29) is 5.92 Å². The molecule has 0 spiro atoms. The molecule has 0 fully saturated rings. The normalized spacial score (nSPS) is 11.7. The number of hydrogen-bond donors (Lipinski definition) is 1. The Labute approximate surface area is 66.4 Å². The number of carbonyl (C=O) groups is 2. The van der Waals surface area contributed by atoms with E-state index < -0.39 is 17.2 Å². The lowest BCUT2D eigenvalue weighted by Gasteiger charge is -2.24. The van der Waals surface area contributed by atoms with Gasteiger partial charge in [-0.1, -0.05) is 27.7 Å². The summed E-state index contributed by atoms with van der Waals surface area (Å²) in [6, 6.07) is 0. The van der Waals surface area contributed by atoms with Gasteiger partial charge in [-0.25, -0.2) is 4.79 Å². The van der Waals surface area contributed by atoms with Gasteiger partial charge >= 0.3 is 5.97 Å². The Morgan fingerprint density at radius 1 is 1.27 bits per heavy atom. The van der Waals surface area contributed by atoms with Gasteiger partial charge in [0.1, 0.15) is 0 Å². The van der Waals surface area contributed by atoms with Crippen LogP contribution in [-0.2, 0) is 9.59 Å². The van der Waals surface area contributed by atoms with Gasteiger partial charge in [0.2, 0.25) is 5.78 Å². The third kappa shape index (κ3) is 2.03. The molecule has 0 radical (unpaired) electrons. The lowest BCUT2D eigenvalue weighted by Crippen LogP contribution is -2.35. The molecule has 0 rings (SSSR count). The third-order valence-electron chi connectivity index (χ3n) is 2.22. The fourth-order valence-corrected chi connectivity index (χ4v) is 0.538. The number of rotatable bonds is 3. The predicted octanol–water partition coefficient (Wildman–Crippen LogP) is 1.32. The van der Waals surface area contributed by atoms with Crippen LogP contribution < -0.4 is 0 Å². The second-order valence-electron chi connectivity index (χ2n) is 3.51. The largest absolute Gasteiger partial charge is 0.475 e. The molecule has 0 aromatic rings. The molecule has 11 heavy (non-hydrogen) atoms. The van der Waals surface area contributed by atoms with Gasteiger partial charge in [-0.05, 0) is 5.92 Å². The summed E-state index contributed by atoms with van der Waals surface area (Å²) in [6.07, 6.45) is 0. The predicted molar refractivity (Wildman–Crippen MR) is 41.3 cm³/mol. The Bertz CT molecular complexity index is 180. The topological polar surface area (TPSA) is 54.4 Å². The molecule has 0 atom stereocenters. The number of Topliss-reactive ketones (excluding diaryl/α,β-unsaturated/α-hetero) is 1. The van der Waals surface area contributed by atoms with Gasteiger partial charge in [0.05, 0.1) is 0 Å². The van der Waals surface area contributed by atoms with Crippen molar-refractivity contribution in [3.05, 3.63) is 0 Å². The average molecular weight is 158 g/mol. The summed E-state index contributed by atoms with van der Waals surface area (Å²) in [5.41, 5.74) is -0.758. The molecule has 64 valence electrons. The van der Waals surface area contributed by atoms with Crippen molar-refractivity contribution >= 4 is 11.8 Å². The minimum absolute atomic E-state index is 0.0473. The van der Waals surface area contributed by atoms with Gasteiger partial charge in [-0.2, -0.15) is 0 Å². The smallest absolute Gasteiger partial charge is 0.372 e. The van der Waals surface area contributed by atoms with E-state index in [2.05, 4.69) is 0 Å². The van der Waals surface area contributed by atoms with Gasteiger partial charge < -0.3 is 5.11 Å². The maximum atomic E-state index is 11.0. The first-order valence-electron chi connectivity index (χ1n) is 3.58. The molecule has 0 aliphatic heterocycles. The summed E-state index contributed by atoms with van der Waals surface area (Å²) in [7, 11) is 0. The Kier molecular flexibility index (Phi) is 2.79. The first-order valence-corrected chi connectivity index (χ1v) is 3.58. The number of hydrogen-bond acceptors (Lipinski definition) is 2. The maximum absolute atomic E-state index is 11.0. The zero-order valence-corrected chi connectivity index (χ0v) is 7.34. The fourth-order valence-electron chi connectivity index (χ4n) is 0.538. The second-order valence-corrected chi connectivity index (χ2v) is 3.51. The van der Waals surface area contributed by atoms with E-state index in [9.17, 15) is 9.59 Å². The quantitative estimate of drug-likeness (QED) is 0.630. The molecule has 0 aromatic heterocycles. The van der Waals surface area contributed by atoms with Crippen LogP contribution >= 0.6 is 0 Å². The van der Waals surface area contributed by atoms with Crippen LogP contribution in [0.5, 0.6) is 0 Å². The maximum Gasteiger partial charge on any atom is 0.372 e. The fraction of sp³-hybridized carbons (Fsp3) is 0.750. The van der Waals surface area contributed by atoms with Crippen LogP contribution in [0, 0.1) is 11.3 Å². The Morgan fingerprint density at radius 3 is 1.73 bits per heavy atom. The first-order chi connectivity index (χ1) is 4.80. The lowest BCUT2D eigenvalue weighted by molar-refractivity contribution is -0.154. The molecule has 1 N–H and O–H groups in total. The van der Waals surface area contributed by atoms with Gasteiger partial charge in [0.15, 0.2) is 0 Å². The van der Waals surface area contributed by atoms with Gasteiger partial charge in [0, 0.05) is 5.41 Å². The zero-order chi connectivity index (χ0) is 9.23. The summed E-state index contributed by atoms with van der Waals surface area (Å²) in [4.78, 5) is 21.3. The van der Waals surface area contributed by atoms with Crippen LogP contribution in [-0.4, -0.2) is 16.9 Å². The summed E-state index contributed by atoms with van der Waals surface area (Å²) < 4.78 is 0. The van der Waals surface area contributed by atoms with Crippen LogP contribution in [0.3, 0.4) is 0 Å². The van der Waals surface area contributed by atoms with Crippen molar-refractivity contribution in [1.29, 1.82) is 0 Å². The van der Waals surface area contributed by atoms with Gasteiger partial charge in [-0.3, -0.25) is 4.79 Å². The van der Waals surface area contributed by atoms with Crippen molar-refractivity contribution in [2.75, 3.05) is 0 Å². The van der Waals surface area contributed by atoms with E-state index in [0.717, 1.165) is 0 Å². The van der Waals surface area contributed by atoms with Crippen molar-refractivity contribution in [3.8, 4) is 0 Å². The van der Waals surface area contributed by atoms with Crippen LogP contribution in [0.25, 0.3) is 0 Å². The Balaban J connectivity index is 4.56. The monoisotopic (exact) mass is 158 g/mol. The van der Waals surface area contributed by atoms with Crippen LogP contribution in [0.1, 0.15) is 27.7 Å². The summed E-state index contributed by atoms with van der Waals surface area (Å²) in [6.45, 7) is 6.96. The third-order valence-corrected chi connectivity index (χ3v) is 2.22. The highest BCUT2D eigenvalue weighted by Crippen LogP contribution is 2.26. The molecule has 0 bridgehead atoms. The lowest BCUT2D eigenvalue weighted by atomic mass is 9.77. The SMILES string of the molecule is CC(C)C(C)(C)C(=O)C(=O)O. The number of carboxylic acid groups (broad SMARTS) is 1. The Morgan fingerprint density at radius 2 is 1.64 bits per heavy atom. The number of aliphatic carboxylic acids is 1. The highest BCUT2D eigenvalue weighted by molar-refractivity contribution is 6.34. The Hall–Kier alpha value is -0.860. The molecule has 3 nitrogen and oxygen atoms in total. The molecule has 0 aliphatic rings. The van der Waals surface area contributed by atoms with Crippen LogP contribution in [0.2, 0.25) is 0 Å². The van der Waals surface area contributed by atoms with E-state index in [4.69, 9.17) is 5.11 Å². The van der Waals surface area contributed by atoms with Crippen molar-refractivity contribution in [1.82, 2.24) is 0 Å². The van der Waals surface area contributed by atoms with E-state index in [1.165, 1.54) is 0 Å². The summed E-state index contributed by atoms with van der Waals surface area (Å²) >= 11 is 0. The second kappa shape index (κ2) is 3.03. The molecule has 3 heteroatoms. The molecule has 0 aliphatic carbocycles. The minimum atomic E-state index is -1.34. The van der Waals surface area contributed by atoms with Gasteiger partial charge in [-0.15, -0.1) is 0 Å². The van der Waals surface area contributed by atoms with E-state index in [1.807, 2.05) is 13.8 Å². The highest BCUT2D eigenvalue weighted by atomic mass is 16.4.